The largest absolute Gasteiger partial charge is 0.371 e. The van der Waals surface area contributed by atoms with Gasteiger partial charge in [0.1, 0.15) is 0 Å². The number of hydrogen-bond acceptors (Lipinski definition) is 4. The van der Waals surface area contributed by atoms with Gasteiger partial charge in [0.05, 0.1) is 5.56 Å². The summed E-state index contributed by atoms with van der Waals surface area (Å²) in [7, 11) is 0. The first-order chi connectivity index (χ1) is 16.1. The van der Waals surface area contributed by atoms with Crippen molar-refractivity contribution in [1.82, 2.24) is 10.3 Å². The van der Waals surface area contributed by atoms with E-state index in [4.69, 9.17) is 11.6 Å². The molecule has 1 aliphatic rings. The maximum Gasteiger partial charge on any atom is 0.323 e. The van der Waals surface area contributed by atoms with Crippen LogP contribution in [-0.4, -0.2) is 30.0 Å². The molecular weight excluding hydrogens is 438 g/mol. The zero-order chi connectivity index (χ0) is 23.0. The van der Waals surface area contributed by atoms with E-state index in [1.165, 1.54) is 6.42 Å². The zero-order valence-corrected chi connectivity index (χ0v) is 18.9. The van der Waals surface area contributed by atoms with Crippen LogP contribution in [0.5, 0.6) is 0 Å². The van der Waals surface area contributed by atoms with Gasteiger partial charge in [0.15, 0.2) is 0 Å². The minimum atomic E-state index is -0.398. The van der Waals surface area contributed by atoms with Crippen LogP contribution in [0.15, 0.2) is 67.0 Å². The van der Waals surface area contributed by atoms with Crippen LogP contribution in [0.2, 0.25) is 5.02 Å². The topological polar surface area (TPSA) is 86.4 Å². The van der Waals surface area contributed by atoms with Crippen LogP contribution in [0.3, 0.4) is 0 Å². The molecule has 33 heavy (non-hydrogen) atoms. The normalized spacial score (nSPS) is 13.3. The van der Waals surface area contributed by atoms with Crippen LogP contribution in [0.25, 0.3) is 0 Å². The van der Waals surface area contributed by atoms with E-state index in [2.05, 4.69) is 25.8 Å². The first kappa shape index (κ1) is 22.6. The van der Waals surface area contributed by atoms with Gasteiger partial charge in [-0.05, 0) is 73.4 Å². The van der Waals surface area contributed by atoms with E-state index in [1.54, 1.807) is 42.7 Å². The lowest BCUT2D eigenvalue weighted by molar-refractivity contribution is 0.0951. The number of amides is 3. The van der Waals surface area contributed by atoms with Gasteiger partial charge in [0.2, 0.25) is 0 Å². The highest BCUT2D eigenvalue weighted by molar-refractivity contribution is 6.30. The number of hydrogen-bond donors (Lipinski definition) is 3. The van der Waals surface area contributed by atoms with Crippen LogP contribution < -0.4 is 20.9 Å². The summed E-state index contributed by atoms with van der Waals surface area (Å²) in [5, 5.41) is 9.14. The van der Waals surface area contributed by atoms with E-state index < -0.39 is 6.03 Å². The first-order valence-electron chi connectivity index (χ1n) is 11.0. The van der Waals surface area contributed by atoms with E-state index in [0.29, 0.717) is 28.5 Å². The quantitative estimate of drug-likeness (QED) is 0.463. The highest BCUT2D eigenvalue weighted by Crippen LogP contribution is 2.27. The highest BCUT2D eigenvalue weighted by atomic mass is 35.5. The van der Waals surface area contributed by atoms with Crippen molar-refractivity contribution in [3.05, 3.63) is 83.1 Å². The maximum atomic E-state index is 13.1. The van der Waals surface area contributed by atoms with Gasteiger partial charge in [-0.25, -0.2) is 4.79 Å². The summed E-state index contributed by atoms with van der Waals surface area (Å²) >= 11 is 5.90. The Hall–Kier alpha value is -3.58. The number of carbonyl (C=O) groups excluding carboxylic acids is 2. The minimum Gasteiger partial charge on any atom is -0.371 e. The van der Waals surface area contributed by atoms with Crippen molar-refractivity contribution in [1.29, 1.82) is 0 Å². The summed E-state index contributed by atoms with van der Waals surface area (Å²) in [6.45, 7) is 2.19. The van der Waals surface area contributed by atoms with Crippen LogP contribution >= 0.6 is 11.6 Å². The molecule has 170 valence electrons. The fourth-order valence-corrected chi connectivity index (χ4v) is 3.94. The molecule has 7 nitrogen and oxygen atoms in total. The van der Waals surface area contributed by atoms with Crippen molar-refractivity contribution in [3.8, 4) is 0 Å². The number of rotatable bonds is 6. The van der Waals surface area contributed by atoms with Crippen molar-refractivity contribution in [3.63, 3.8) is 0 Å². The summed E-state index contributed by atoms with van der Waals surface area (Å²) in [4.78, 5) is 31.9. The number of benzene rings is 2. The Labute approximate surface area is 198 Å². The van der Waals surface area contributed by atoms with Gasteiger partial charge >= 0.3 is 6.03 Å². The van der Waals surface area contributed by atoms with Crippen LogP contribution in [0.4, 0.5) is 21.9 Å². The third-order valence-corrected chi connectivity index (χ3v) is 5.73. The zero-order valence-electron chi connectivity index (χ0n) is 18.2. The number of anilines is 3. The lowest BCUT2D eigenvalue weighted by atomic mass is 10.1. The number of pyridine rings is 1. The first-order valence-corrected chi connectivity index (χ1v) is 11.4. The Morgan fingerprint density at radius 2 is 1.67 bits per heavy atom. The molecule has 2 aromatic carbocycles. The number of nitrogens with zero attached hydrogens (tertiary/aromatic N) is 2. The average Bonchev–Trinajstić information content (AvgIpc) is 2.85. The van der Waals surface area contributed by atoms with Gasteiger partial charge in [-0.1, -0.05) is 17.7 Å². The molecule has 0 spiro atoms. The molecule has 1 aromatic heterocycles. The monoisotopic (exact) mass is 463 g/mol. The van der Waals surface area contributed by atoms with E-state index in [1.807, 2.05) is 24.3 Å². The fourth-order valence-electron chi connectivity index (χ4n) is 3.81. The summed E-state index contributed by atoms with van der Waals surface area (Å²) in [5.74, 6) is -0.193. The molecule has 0 atom stereocenters. The van der Waals surface area contributed by atoms with Crippen molar-refractivity contribution in [2.24, 2.45) is 0 Å². The smallest absolute Gasteiger partial charge is 0.323 e. The summed E-state index contributed by atoms with van der Waals surface area (Å²) in [6.07, 6.45) is 6.82. The molecule has 3 N–H and O–H groups in total. The SMILES string of the molecule is O=C(Nc1ccc(Cl)cc1)Nc1ccc(N2CCCCC2)c(C(=O)NCc2cccnc2)c1. The Balaban J connectivity index is 1.51. The van der Waals surface area contributed by atoms with Crippen LogP contribution in [0, 0.1) is 0 Å². The van der Waals surface area contributed by atoms with Crippen molar-refractivity contribution in [2.75, 3.05) is 28.6 Å². The highest BCUT2D eigenvalue weighted by Gasteiger charge is 2.20. The standard InChI is InChI=1S/C25H26ClN5O2/c26-19-6-8-20(9-7-19)29-25(33)30-21-10-11-23(31-13-2-1-3-14-31)22(15-21)24(32)28-17-18-5-4-12-27-16-18/h4-12,15-16H,1-3,13-14,17H2,(H,28,32)(H2,29,30,33). The summed E-state index contributed by atoms with van der Waals surface area (Å²) in [6, 6.07) is 15.7. The van der Waals surface area contributed by atoms with Crippen molar-refractivity contribution < 1.29 is 9.59 Å². The van der Waals surface area contributed by atoms with Gasteiger partial charge < -0.3 is 20.9 Å². The van der Waals surface area contributed by atoms with E-state index in [9.17, 15) is 9.59 Å². The molecule has 3 aromatic rings. The molecule has 1 saturated heterocycles. The van der Waals surface area contributed by atoms with Crippen LogP contribution in [-0.2, 0) is 6.54 Å². The van der Waals surface area contributed by atoms with Gasteiger partial charge in [0.25, 0.3) is 5.91 Å². The molecule has 1 aliphatic heterocycles. The number of urea groups is 1. The summed E-state index contributed by atoms with van der Waals surface area (Å²) < 4.78 is 0. The molecule has 4 rings (SSSR count). The number of carbonyl (C=O) groups is 2. The second-order valence-electron chi connectivity index (χ2n) is 7.91. The van der Waals surface area contributed by atoms with E-state index >= 15 is 0 Å². The second kappa shape index (κ2) is 10.8. The van der Waals surface area contributed by atoms with Gasteiger partial charge in [0, 0.05) is 54.1 Å². The average molecular weight is 464 g/mol. The molecule has 0 radical (unpaired) electrons. The third kappa shape index (κ3) is 6.23. The predicted octanol–water partition coefficient (Wildman–Crippen LogP) is 5.30. The van der Waals surface area contributed by atoms with Gasteiger partial charge in [-0.15, -0.1) is 0 Å². The van der Waals surface area contributed by atoms with Crippen LogP contribution in [0.1, 0.15) is 35.2 Å². The second-order valence-corrected chi connectivity index (χ2v) is 8.35. The van der Waals surface area contributed by atoms with Crippen molar-refractivity contribution >= 4 is 40.6 Å². The Bertz CT molecular complexity index is 1100. The Morgan fingerprint density at radius 3 is 2.39 bits per heavy atom. The molecule has 0 aliphatic carbocycles. The molecule has 0 saturated carbocycles. The predicted molar refractivity (Wildman–Crippen MR) is 132 cm³/mol. The molecule has 3 amide bonds. The summed E-state index contributed by atoms with van der Waals surface area (Å²) in [5.41, 5.74) is 3.49. The molecular formula is C25H26ClN5O2. The molecule has 0 bridgehead atoms. The molecule has 1 fully saturated rings. The lowest BCUT2D eigenvalue weighted by Crippen LogP contribution is -2.33. The fraction of sp³-hybridized carbons (Fsp3) is 0.240. The van der Waals surface area contributed by atoms with E-state index in [0.717, 1.165) is 37.2 Å². The van der Waals surface area contributed by atoms with E-state index in [-0.39, 0.29) is 5.91 Å². The lowest BCUT2D eigenvalue weighted by Gasteiger charge is -2.30. The number of halogens is 1. The Kier molecular flexibility index (Phi) is 7.42. The van der Waals surface area contributed by atoms with Crippen molar-refractivity contribution in [2.45, 2.75) is 25.8 Å². The van der Waals surface area contributed by atoms with Gasteiger partial charge in [-0.2, -0.15) is 0 Å². The maximum absolute atomic E-state index is 13.1. The number of piperidine rings is 1. The third-order valence-electron chi connectivity index (χ3n) is 5.47. The molecule has 8 heteroatoms. The number of aromatic nitrogens is 1. The Morgan fingerprint density at radius 1 is 0.939 bits per heavy atom. The molecule has 2 heterocycles. The van der Waals surface area contributed by atoms with Gasteiger partial charge in [-0.3, -0.25) is 9.78 Å². The number of nitrogens with one attached hydrogen (secondary N) is 3. The molecule has 0 unspecified atom stereocenters. The minimum absolute atomic E-state index is 0.193.